The third kappa shape index (κ3) is 4.71. The highest BCUT2D eigenvalue weighted by Gasteiger charge is 2.35. The molecule has 0 amide bonds. The summed E-state index contributed by atoms with van der Waals surface area (Å²) < 4.78 is 0. The first kappa shape index (κ1) is 22.7. The Hall–Kier alpha value is -1.60. The summed E-state index contributed by atoms with van der Waals surface area (Å²) in [7, 11) is 0. The fourth-order valence-corrected chi connectivity index (χ4v) is 2.41. The van der Waals surface area contributed by atoms with Gasteiger partial charge in [-0.25, -0.2) is 0 Å². The normalized spacial score (nSPS) is 18.2. The van der Waals surface area contributed by atoms with Gasteiger partial charge in [0.25, 0.3) is 0 Å². The largest absolute Gasteiger partial charge is 0.318 e. The lowest BCUT2D eigenvalue weighted by Gasteiger charge is -2.22. The third-order valence-corrected chi connectivity index (χ3v) is 3.16. The number of nitrogens with two attached hydrogens (primary N) is 1. The number of hydrogen-bond donors (Lipinski definition) is 1. The second kappa shape index (κ2) is 12.0. The lowest BCUT2D eigenvalue weighted by Crippen LogP contribution is -2.32. The number of allylic oxidation sites excluding steroid dienone is 3. The Labute approximate surface area is 138 Å². The molecular weight excluding hydrogens is 266 g/mol. The second-order valence-electron chi connectivity index (χ2n) is 4.28. The van der Waals surface area contributed by atoms with Gasteiger partial charge in [0.2, 0.25) is 0 Å². The molecule has 1 aliphatic rings. The minimum absolute atomic E-state index is 0.423. The molecule has 22 heavy (non-hydrogen) atoms. The first-order valence-electron chi connectivity index (χ1n) is 8.51. The lowest BCUT2D eigenvalue weighted by atomic mass is 9.90. The fraction of sp³-hybridized carbons (Fsp3) is 0.429. The Bertz CT molecular complexity index is 490. The van der Waals surface area contributed by atoms with Crippen molar-refractivity contribution in [2.24, 2.45) is 5.73 Å². The van der Waals surface area contributed by atoms with E-state index in [2.05, 4.69) is 24.8 Å². The van der Waals surface area contributed by atoms with Crippen LogP contribution in [-0.2, 0) is 5.54 Å². The van der Waals surface area contributed by atoms with Gasteiger partial charge in [0, 0.05) is 0 Å². The standard InChI is InChI=1S/C15H17N.3C2H6/c1-4-8-11-12-9-6-7-10-14(12)15(3,16)13(11)5-2;3*1-2/h4-10H,2,16H2,1,3H3;3*1-2H3/b8-4-;;;. The fourth-order valence-electron chi connectivity index (χ4n) is 2.41. The van der Waals surface area contributed by atoms with Gasteiger partial charge < -0.3 is 5.73 Å². The van der Waals surface area contributed by atoms with Crippen molar-refractivity contribution >= 4 is 5.57 Å². The second-order valence-corrected chi connectivity index (χ2v) is 4.28. The lowest BCUT2D eigenvalue weighted by molar-refractivity contribution is 0.615. The Kier molecular flexibility index (Phi) is 12.4. The van der Waals surface area contributed by atoms with Crippen LogP contribution in [-0.4, -0.2) is 0 Å². The zero-order valence-corrected chi connectivity index (χ0v) is 15.8. The molecule has 2 rings (SSSR count). The van der Waals surface area contributed by atoms with E-state index >= 15 is 0 Å². The molecule has 0 spiro atoms. The maximum atomic E-state index is 6.40. The number of fused-ring (bicyclic) bond motifs is 1. The van der Waals surface area contributed by atoms with Gasteiger partial charge in [-0.1, -0.05) is 90.6 Å². The highest BCUT2D eigenvalue weighted by Crippen LogP contribution is 2.43. The molecule has 0 bridgehead atoms. The van der Waals surface area contributed by atoms with Crippen LogP contribution in [0.4, 0.5) is 0 Å². The van der Waals surface area contributed by atoms with Crippen LogP contribution in [0.5, 0.6) is 0 Å². The smallest absolute Gasteiger partial charge is 0.0648 e. The van der Waals surface area contributed by atoms with E-state index < -0.39 is 5.54 Å². The molecule has 1 aliphatic carbocycles. The maximum absolute atomic E-state index is 6.40. The SMILES string of the molecule is C=CC1=C(/C=C\C)c2ccccc2C1(C)N.CC.CC.CC. The van der Waals surface area contributed by atoms with Gasteiger partial charge in [0.1, 0.15) is 0 Å². The van der Waals surface area contributed by atoms with Gasteiger partial charge in [0.05, 0.1) is 5.54 Å². The molecule has 1 unspecified atom stereocenters. The van der Waals surface area contributed by atoms with Gasteiger partial charge in [-0.2, -0.15) is 0 Å². The summed E-state index contributed by atoms with van der Waals surface area (Å²) in [5.74, 6) is 0. The molecule has 1 aromatic carbocycles. The molecule has 0 fully saturated rings. The van der Waals surface area contributed by atoms with Crippen molar-refractivity contribution in [3.8, 4) is 0 Å². The molecule has 124 valence electrons. The molecule has 0 saturated heterocycles. The van der Waals surface area contributed by atoms with Crippen molar-refractivity contribution in [1.82, 2.24) is 0 Å². The first-order chi connectivity index (χ1) is 10.6. The van der Waals surface area contributed by atoms with Crippen LogP contribution in [0, 0.1) is 0 Å². The molecule has 0 aromatic heterocycles. The van der Waals surface area contributed by atoms with E-state index in [4.69, 9.17) is 5.73 Å². The zero-order valence-electron chi connectivity index (χ0n) is 15.8. The van der Waals surface area contributed by atoms with Crippen LogP contribution in [0.25, 0.3) is 5.57 Å². The summed E-state index contributed by atoms with van der Waals surface area (Å²) in [5, 5.41) is 0. The van der Waals surface area contributed by atoms with E-state index in [9.17, 15) is 0 Å². The molecule has 1 aromatic rings. The van der Waals surface area contributed by atoms with Crippen LogP contribution in [0.15, 0.2) is 54.6 Å². The third-order valence-electron chi connectivity index (χ3n) is 3.16. The van der Waals surface area contributed by atoms with Crippen molar-refractivity contribution < 1.29 is 0 Å². The highest BCUT2D eigenvalue weighted by molar-refractivity contribution is 5.87. The van der Waals surface area contributed by atoms with E-state index in [0.717, 1.165) is 5.57 Å². The Balaban J connectivity index is 0. The monoisotopic (exact) mass is 301 g/mol. The number of hydrogen-bond acceptors (Lipinski definition) is 1. The van der Waals surface area contributed by atoms with Crippen LogP contribution in [0.1, 0.15) is 66.5 Å². The van der Waals surface area contributed by atoms with Crippen molar-refractivity contribution in [3.05, 3.63) is 65.8 Å². The minimum Gasteiger partial charge on any atom is -0.318 e. The first-order valence-corrected chi connectivity index (χ1v) is 8.51. The Morgan fingerprint density at radius 3 is 1.95 bits per heavy atom. The van der Waals surface area contributed by atoms with Gasteiger partial charge >= 0.3 is 0 Å². The summed E-state index contributed by atoms with van der Waals surface area (Å²) >= 11 is 0. The molecule has 1 atom stereocenters. The van der Waals surface area contributed by atoms with Gasteiger partial charge in [0.15, 0.2) is 0 Å². The molecule has 2 N–H and O–H groups in total. The molecule has 1 heteroatoms. The predicted octanol–water partition coefficient (Wildman–Crippen LogP) is 6.47. The quantitative estimate of drug-likeness (QED) is 0.665. The molecule has 0 saturated carbocycles. The van der Waals surface area contributed by atoms with Gasteiger partial charge in [-0.15, -0.1) is 0 Å². The van der Waals surface area contributed by atoms with E-state index in [1.807, 2.05) is 79.7 Å². The number of benzene rings is 1. The van der Waals surface area contributed by atoms with E-state index in [0.29, 0.717) is 0 Å². The van der Waals surface area contributed by atoms with E-state index in [1.54, 1.807) is 0 Å². The molecular formula is C21H35N. The summed E-state index contributed by atoms with van der Waals surface area (Å²) in [6, 6.07) is 8.29. The van der Waals surface area contributed by atoms with Crippen LogP contribution < -0.4 is 5.73 Å². The van der Waals surface area contributed by atoms with Crippen molar-refractivity contribution in [3.63, 3.8) is 0 Å². The summed E-state index contributed by atoms with van der Waals surface area (Å²) in [6.45, 7) is 19.9. The summed E-state index contributed by atoms with van der Waals surface area (Å²) in [5.41, 5.74) is 10.7. The van der Waals surface area contributed by atoms with Crippen molar-refractivity contribution in [2.75, 3.05) is 0 Å². The molecule has 1 nitrogen and oxygen atoms in total. The Morgan fingerprint density at radius 2 is 1.50 bits per heavy atom. The number of rotatable bonds is 2. The summed E-state index contributed by atoms with van der Waals surface area (Å²) in [6.07, 6.45) is 6.01. The average Bonchev–Trinajstić information content (AvgIpc) is 2.81. The molecule has 0 heterocycles. The van der Waals surface area contributed by atoms with Crippen LogP contribution in [0.2, 0.25) is 0 Å². The maximum Gasteiger partial charge on any atom is 0.0648 e. The van der Waals surface area contributed by atoms with E-state index in [1.165, 1.54) is 16.7 Å². The highest BCUT2D eigenvalue weighted by atomic mass is 14.7. The van der Waals surface area contributed by atoms with Gasteiger partial charge in [-0.3, -0.25) is 0 Å². The topological polar surface area (TPSA) is 26.0 Å². The molecule has 0 aliphatic heterocycles. The van der Waals surface area contributed by atoms with Crippen molar-refractivity contribution in [1.29, 1.82) is 0 Å². The summed E-state index contributed by atoms with van der Waals surface area (Å²) in [4.78, 5) is 0. The predicted molar refractivity (Wildman–Crippen MR) is 104 cm³/mol. The minimum atomic E-state index is -0.423. The average molecular weight is 302 g/mol. The van der Waals surface area contributed by atoms with Crippen LogP contribution in [0.3, 0.4) is 0 Å². The van der Waals surface area contributed by atoms with Gasteiger partial charge in [-0.05, 0) is 36.1 Å². The zero-order chi connectivity index (χ0) is 17.8. The van der Waals surface area contributed by atoms with Crippen LogP contribution >= 0.6 is 0 Å². The Morgan fingerprint density at radius 1 is 1.00 bits per heavy atom. The van der Waals surface area contributed by atoms with Crippen molar-refractivity contribution in [2.45, 2.75) is 60.9 Å². The van der Waals surface area contributed by atoms with E-state index in [-0.39, 0.29) is 0 Å². The molecule has 0 radical (unpaired) electrons.